The van der Waals surface area contributed by atoms with Crippen LogP contribution in [0.4, 0.5) is 0 Å². The molecule has 19 heavy (non-hydrogen) atoms. The zero-order valence-electron chi connectivity index (χ0n) is 12.2. The second-order valence-corrected chi connectivity index (χ2v) is 5.72. The van der Waals surface area contributed by atoms with E-state index in [4.69, 9.17) is 0 Å². The molecule has 0 radical (unpaired) electrons. The summed E-state index contributed by atoms with van der Waals surface area (Å²) in [7, 11) is 6.49. The van der Waals surface area contributed by atoms with Gasteiger partial charge >= 0.3 is 0 Å². The standard InChI is InChI=1S/C15H22N4/c1-11-16-13-9-12(5-6-14(13)19(11)4)15-10-17(2)7-8-18(15)3/h5-6,9,15H,7-8,10H2,1-4H3. The van der Waals surface area contributed by atoms with E-state index >= 15 is 0 Å². The predicted octanol–water partition coefficient (Wildman–Crippen LogP) is 1.80. The number of fused-ring (bicyclic) bond motifs is 1. The highest BCUT2D eigenvalue weighted by Gasteiger charge is 2.24. The van der Waals surface area contributed by atoms with Gasteiger partial charge in [0.2, 0.25) is 0 Å². The second-order valence-electron chi connectivity index (χ2n) is 5.72. The number of nitrogens with zero attached hydrogens (tertiary/aromatic N) is 4. The topological polar surface area (TPSA) is 24.3 Å². The number of rotatable bonds is 1. The van der Waals surface area contributed by atoms with Crippen molar-refractivity contribution in [2.75, 3.05) is 33.7 Å². The number of piperazine rings is 1. The van der Waals surface area contributed by atoms with E-state index in [2.05, 4.69) is 65.6 Å². The highest BCUT2D eigenvalue weighted by Crippen LogP contribution is 2.26. The summed E-state index contributed by atoms with van der Waals surface area (Å²) in [4.78, 5) is 9.49. The molecular weight excluding hydrogens is 236 g/mol. The molecule has 0 spiro atoms. The van der Waals surface area contributed by atoms with Crippen molar-refractivity contribution < 1.29 is 0 Å². The molecule has 0 amide bonds. The van der Waals surface area contributed by atoms with Gasteiger partial charge in [-0.25, -0.2) is 4.98 Å². The summed E-state index contributed by atoms with van der Waals surface area (Å²) in [5, 5.41) is 0. The van der Waals surface area contributed by atoms with Gasteiger partial charge in [0.15, 0.2) is 0 Å². The van der Waals surface area contributed by atoms with Gasteiger partial charge in [-0.1, -0.05) is 6.07 Å². The molecule has 1 aromatic heterocycles. The average molecular weight is 258 g/mol. The van der Waals surface area contributed by atoms with Crippen LogP contribution in [-0.2, 0) is 7.05 Å². The van der Waals surface area contributed by atoms with Crippen LogP contribution < -0.4 is 0 Å². The molecule has 1 aromatic carbocycles. The minimum absolute atomic E-state index is 0.477. The van der Waals surface area contributed by atoms with E-state index in [1.54, 1.807) is 0 Å². The van der Waals surface area contributed by atoms with Gasteiger partial charge in [0.05, 0.1) is 11.0 Å². The monoisotopic (exact) mass is 258 g/mol. The summed E-state index contributed by atoms with van der Waals surface area (Å²) in [5.74, 6) is 1.07. The highest BCUT2D eigenvalue weighted by atomic mass is 15.3. The lowest BCUT2D eigenvalue weighted by Gasteiger charge is -2.38. The molecule has 2 aromatic rings. The van der Waals surface area contributed by atoms with Gasteiger partial charge in [-0.15, -0.1) is 0 Å². The van der Waals surface area contributed by atoms with E-state index in [1.807, 2.05) is 0 Å². The smallest absolute Gasteiger partial charge is 0.106 e. The van der Waals surface area contributed by atoms with E-state index in [0.29, 0.717) is 6.04 Å². The van der Waals surface area contributed by atoms with Gasteiger partial charge < -0.3 is 9.47 Å². The Kier molecular flexibility index (Phi) is 3.07. The zero-order chi connectivity index (χ0) is 13.6. The Balaban J connectivity index is 2.00. The Bertz CT molecular complexity index is 601. The number of aromatic nitrogens is 2. The van der Waals surface area contributed by atoms with Gasteiger partial charge in [0.1, 0.15) is 5.82 Å². The molecule has 1 atom stereocenters. The molecule has 1 unspecified atom stereocenters. The summed E-state index contributed by atoms with van der Waals surface area (Å²) >= 11 is 0. The molecule has 1 aliphatic rings. The highest BCUT2D eigenvalue weighted by molar-refractivity contribution is 5.77. The predicted molar refractivity (Wildman–Crippen MR) is 78.3 cm³/mol. The first-order valence-corrected chi connectivity index (χ1v) is 6.88. The second kappa shape index (κ2) is 4.62. The largest absolute Gasteiger partial charge is 0.331 e. The number of hydrogen-bond donors (Lipinski definition) is 0. The first-order chi connectivity index (χ1) is 9.06. The van der Waals surface area contributed by atoms with Crippen molar-refractivity contribution in [1.82, 2.24) is 19.4 Å². The summed E-state index contributed by atoms with van der Waals surface area (Å²) in [6.07, 6.45) is 0. The van der Waals surface area contributed by atoms with Crippen LogP contribution in [-0.4, -0.2) is 53.1 Å². The maximum absolute atomic E-state index is 4.64. The van der Waals surface area contributed by atoms with E-state index in [9.17, 15) is 0 Å². The van der Waals surface area contributed by atoms with Gasteiger partial charge in [-0.05, 0) is 38.7 Å². The third kappa shape index (κ3) is 2.15. The Labute approximate surface area is 114 Å². The fourth-order valence-electron chi connectivity index (χ4n) is 2.91. The molecule has 4 nitrogen and oxygen atoms in total. The van der Waals surface area contributed by atoms with E-state index in [1.165, 1.54) is 11.1 Å². The third-order valence-corrected chi connectivity index (χ3v) is 4.36. The number of hydrogen-bond acceptors (Lipinski definition) is 3. The van der Waals surface area contributed by atoms with E-state index in [-0.39, 0.29) is 0 Å². The summed E-state index contributed by atoms with van der Waals surface area (Å²) in [6, 6.07) is 7.19. The lowest BCUT2D eigenvalue weighted by atomic mass is 10.0. The molecule has 1 fully saturated rings. The Morgan fingerprint density at radius 1 is 1.16 bits per heavy atom. The quantitative estimate of drug-likeness (QED) is 0.779. The van der Waals surface area contributed by atoms with Crippen LogP contribution >= 0.6 is 0 Å². The van der Waals surface area contributed by atoms with Crippen molar-refractivity contribution >= 4 is 11.0 Å². The maximum atomic E-state index is 4.64. The maximum Gasteiger partial charge on any atom is 0.106 e. The zero-order valence-corrected chi connectivity index (χ0v) is 12.2. The molecule has 0 saturated carbocycles. The molecule has 1 aliphatic heterocycles. The molecule has 1 saturated heterocycles. The van der Waals surface area contributed by atoms with Crippen molar-refractivity contribution in [2.45, 2.75) is 13.0 Å². The molecule has 3 rings (SSSR count). The minimum Gasteiger partial charge on any atom is -0.331 e. The average Bonchev–Trinajstić information content (AvgIpc) is 2.67. The first-order valence-electron chi connectivity index (χ1n) is 6.88. The normalized spacial score (nSPS) is 22.2. The van der Waals surface area contributed by atoms with Gasteiger partial charge in [-0.3, -0.25) is 4.90 Å². The Hall–Kier alpha value is -1.39. The molecule has 2 heterocycles. The Morgan fingerprint density at radius 2 is 1.95 bits per heavy atom. The summed E-state index contributed by atoms with van der Waals surface area (Å²) < 4.78 is 2.15. The van der Waals surface area contributed by atoms with Crippen LogP contribution in [0.5, 0.6) is 0 Å². The molecule has 0 N–H and O–H groups in total. The SMILES string of the molecule is Cc1nc2cc(C3CN(C)CCN3C)ccc2n1C. The number of aryl methyl sites for hydroxylation is 2. The third-order valence-electron chi connectivity index (χ3n) is 4.36. The summed E-state index contributed by atoms with van der Waals surface area (Å²) in [6.45, 7) is 5.42. The van der Waals surface area contributed by atoms with Crippen LogP contribution in [0.3, 0.4) is 0 Å². The fourth-order valence-corrected chi connectivity index (χ4v) is 2.91. The number of imidazole rings is 1. The van der Waals surface area contributed by atoms with Gasteiger partial charge in [-0.2, -0.15) is 0 Å². The fraction of sp³-hybridized carbons (Fsp3) is 0.533. The van der Waals surface area contributed by atoms with E-state index < -0.39 is 0 Å². The van der Waals surface area contributed by atoms with Crippen LogP contribution in [0, 0.1) is 6.92 Å². The molecule has 102 valence electrons. The molecule has 0 bridgehead atoms. The Morgan fingerprint density at radius 3 is 2.74 bits per heavy atom. The van der Waals surface area contributed by atoms with Gasteiger partial charge in [0.25, 0.3) is 0 Å². The van der Waals surface area contributed by atoms with Crippen molar-refractivity contribution in [1.29, 1.82) is 0 Å². The van der Waals surface area contributed by atoms with Crippen LogP contribution in [0.2, 0.25) is 0 Å². The van der Waals surface area contributed by atoms with Crippen molar-refractivity contribution in [2.24, 2.45) is 7.05 Å². The van der Waals surface area contributed by atoms with Crippen LogP contribution in [0.1, 0.15) is 17.4 Å². The van der Waals surface area contributed by atoms with Gasteiger partial charge in [0, 0.05) is 32.7 Å². The summed E-state index contributed by atoms with van der Waals surface area (Å²) in [5.41, 5.74) is 3.70. The van der Waals surface area contributed by atoms with Crippen LogP contribution in [0.15, 0.2) is 18.2 Å². The van der Waals surface area contributed by atoms with Crippen molar-refractivity contribution in [3.63, 3.8) is 0 Å². The molecular formula is C15H22N4. The van der Waals surface area contributed by atoms with Crippen molar-refractivity contribution in [3.8, 4) is 0 Å². The minimum atomic E-state index is 0.477. The molecule has 0 aliphatic carbocycles. The lowest BCUT2D eigenvalue weighted by molar-refractivity contribution is 0.115. The number of likely N-dealkylation sites (N-methyl/N-ethyl adjacent to an activating group) is 2. The van der Waals surface area contributed by atoms with Crippen molar-refractivity contribution in [3.05, 3.63) is 29.6 Å². The van der Waals surface area contributed by atoms with Crippen LogP contribution in [0.25, 0.3) is 11.0 Å². The number of benzene rings is 1. The lowest BCUT2D eigenvalue weighted by Crippen LogP contribution is -2.44. The first kappa shape index (κ1) is 12.6. The molecule has 4 heteroatoms. The van der Waals surface area contributed by atoms with E-state index in [0.717, 1.165) is 31.0 Å².